The minimum atomic E-state index is -0.589. The molecule has 0 saturated carbocycles. The highest BCUT2D eigenvalue weighted by Gasteiger charge is 2.17. The van der Waals surface area contributed by atoms with E-state index in [0.717, 1.165) is 24.4 Å². The maximum absolute atomic E-state index is 9.92. The van der Waals surface area contributed by atoms with Crippen LogP contribution in [-0.4, -0.2) is 22.2 Å². The molecule has 1 atom stereocenters. The Kier molecular flexibility index (Phi) is 4.70. The molecule has 0 radical (unpaired) electrons. The highest BCUT2D eigenvalue weighted by atomic mass is 32.1. The molecule has 2 N–H and O–H groups in total. The van der Waals surface area contributed by atoms with Crippen LogP contribution in [0.1, 0.15) is 36.6 Å². The van der Waals surface area contributed by atoms with E-state index in [1.54, 1.807) is 11.3 Å². The first kappa shape index (κ1) is 12.6. The van der Waals surface area contributed by atoms with Crippen molar-refractivity contribution in [2.45, 2.75) is 45.8 Å². The van der Waals surface area contributed by atoms with Crippen LogP contribution >= 0.6 is 11.3 Å². The lowest BCUT2D eigenvalue weighted by atomic mass is 10.0. The summed E-state index contributed by atoms with van der Waals surface area (Å²) in [4.78, 5) is 5.41. The molecule has 0 aliphatic rings. The van der Waals surface area contributed by atoms with Gasteiger partial charge in [0.25, 0.3) is 0 Å². The van der Waals surface area contributed by atoms with Crippen molar-refractivity contribution in [3.63, 3.8) is 0 Å². The van der Waals surface area contributed by atoms with Gasteiger partial charge in [-0.15, -0.1) is 11.3 Å². The molecule has 1 rings (SSSR count). The van der Waals surface area contributed by atoms with Crippen LogP contribution in [0.2, 0.25) is 0 Å². The Morgan fingerprint density at radius 3 is 2.87 bits per heavy atom. The van der Waals surface area contributed by atoms with Crippen molar-refractivity contribution in [2.24, 2.45) is 0 Å². The number of rotatable bonds is 6. The highest BCUT2D eigenvalue weighted by molar-refractivity contribution is 7.11. The fourth-order valence-corrected chi connectivity index (χ4v) is 2.33. The maximum Gasteiger partial charge on any atom is 0.0897 e. The first-order valence-corrected chi connectivity index (χ1v) is 6.19. The monoisotopic (exact) mass is 228 g/mol. The van der Waals surface area contributed by atoms with Crippen LogP contribution in [0.15, 0.2) is 6.20 Å². The number of hydrogen-bond donors (Lipinski definition) is 2. The van der Waals surface area contributed by atoms with Crippen LogP contribution in [0.4, 0.5) is 0 Å². The Morgan fingerprint density at radius 2 is 2.33 bits per heavy atom. The third kappa shape index (κ3) is 4.73. The summed E-state index contributed by atoms with van der Waals surface area (Å²) in [6, 6.07) is 0. The SMILES string of the molecule is CCCC(C)(O)CNCc1cnc(C)s1. The molecule has 0 aliphatic carbocycles. The predicted octanol–water partition coefficient (Wildman–Crippen LogP) is 2.09. The van der Waals surface area contributed by atoms with Gasteiger partial charge in [0.1, 0.15) is 0 Å². The lowest BCUT2D eigenvalue weighted by molar-refractivity contribution is 0.0498. The lowest BCUT2D eigenvalue weighted by Gasteiger charge is -2.22. The zero-order valence-corrected chi connectivity index (χ0v) is 10.5. The Hall–Kier alpha value is -0.450. The van der Waals surface area contributed by atoms with Crippen molar-refractivity contribution >= 4 is 11.3 Å². The number of thiazole rings is 1. The number of nitrogens with zero attached hydrogens (tertiary/aromatic N) is 1. The van der Waals surface area contributed by atoms with E-state index in [1.165, 1.54) is 4.88 Å². The van der Waals surface area contributed by atoms with E-state index in [2.05, 4.69) is 17.2 Å². The van der Waals surface area contributed by atoms with E-state index in [1.807, 2.05) is 20.0 Å². The van der Waals surface area contributed by atoms with Gasteiger partial charge >= 0.3 is 0 Å². The van der Waals surface area contributed by atoms with Crippen molar-refractivity contribution in [3.05, 3.63) is 16.1 Å². The molecule has 15 heavy (non-hydrogen) atoms. The first-order chi connectivity index (χ1) is 7.03. The smallest absolute Gasteiger partial charge is 0.0897 e. The molecule has 4 heteroatoms. The summed E-state index contributed by atoms with van der Waals surface area (Å²) < 4.78 is 0. The third-order valence-electron chi connectivity index (χ3n) is 2.26. The molecule has 0 bridgehead atoms. The third-order valence-corrected chi connectivity index (χ3v) is 3.18. The number of aromatic nitrogens is 1. The standard InChI is InChI=1S/C11H20N2OS/c1-4-5-11(3,14)8-12-6-10-7-13-9(2)15-10/h7,12,14H,4-6,8H2,1-3H3. The van der Waals surface area contributed by atoms with E-state index in [-0.39, 0.29) is 0 Å². The topological polar surface area (TPSA) is 45.1 Å². The molecule has 0 amide bonds. The van der Waals surface area contributed by atoms with Gasteiger partial charge in [-0.2, -0.15) is 0 Å². The molecule has 86 valence electrons. The van der Waals surface area contributed by atoms with E-state index in [9.17, 15) is 5.11 Å². The second kappa shape index (κ2) is 5.58. The fourth-order valence-electron chi connectivity index (χ4n) is 1.57. The first-order valence-electron chi connectivity index (χ1n) is 5.38. The van der Waals surface area contributed by atoms with Gasteiger partial charge in [-0.05, 0) is 20.3 Å². The zero-order valence-electron chi connectivity index (χ0n) is 9.71. The molecule has 0 spiro atoms. The molecule has 1 unspecified atom stereocenters. The van der Waals surface area contributed by atoms with E-state index >= 15 is 0 Å². The summed E-state index contributed by atoms with van der Waals surface area (Å²) in [5.41, 5.74) is -0.589. The predicted molar refractivity (Wildman–Crippen MR) is 64.1 cm³/mol. The number of hydrogen-bond acceptors (Lipinski definition) is 4. The Morgan fingerprint density at radius 1 is 1.60 bits per heavy atom. The number of aliphatic hydroxyl groups is 1. The fraction of sp³-hybridized carbons (Fsp3) is 0.727. The zero-order chi connectivity index (χ0) is 11.3. The van der Waals surface area contributed by atoms with Gasteiger partial charge in [-0.3, -0.25) is 0 Å². The van der Waals surface area contributed by atoms with Crippen LogP contribution in [0, 0.1) is 6.92 Å². The summed E-state index contributed by atoms with van der Waals surface area (Å²) in [5, 5.41) is 14.3. The molecule has 3 nitrogen and oxygen atoms in total. The maximum atomic E-state index is 9.92. The van der Waals surface area contributed by atoms with Crippen molar-refractivity contribution in [2.75, 3.05) is 6.54 Å². The second-order valence-electron chi connectivity index (χ2n) is 4.20. The van der Waals surface area contributed by atoms with Crippen LogP contribution < -0.4 is 5.32 Å². The van der Waals surface area contributed by atoms with Crippen molar-refractivity contribution in [3.8, 4) is 0 Å². The Balaban J connectivity index is 2.27. The summed E-state index contributed by atoms with van der Waals surface area (Å²) in [6.45, 7) is 7.40. The summed E-state index contributed by atoms with van der Waals surface area (Å²) in [7, 11) is 0. The summed E-state index contributed by atoms with van der Waals surface area (Å²) in [6.07, 6.45) is 3.73. The van der Waals surface area contributed by atoms with Crippen LogP contribution in [0.3, 0.4) is 0 Å². The van der Waals surface area contributed by atoms with Crippen molar-refractivity contribution in [1.29, 1.82) is 0 Å². The molecular weight excluding hydrogens is 208 g/mol. The van der Waals surface area contributed by atoms with E-state index in [0.29, 0.717) is 6.54 Å². The number of nitrogens with one attached hydrogen (secondary N) is 1. The minimum absolute atomic E-state index is 0.589. The molecular formula is C11H20N2OS. The average Bonchev–Trinajstić information content (AvgIpc) is 2.51. The van der Waals surface area contributed by atoms with Crippen LogP contribution in [-0.2, 0) is 6.54 Å². The highest BCUT2D eigenvalue weighted by Crippen LogP contribution is 2.13. The molecule has 0 aromatic carbocycles. The molecule has 0 saturated heterocycles. The van der Waals surface area contributed by atoms with E-state index in [4.69, 9.17) is 0 Å². The average molecular weight is 228 g/mol. The van der Waals surface area contributed by atoms with Gasteiger partial charge in [0, 0.05) is 24.2 Å². The van der Waals surface area contributed by atoms with Crippen molar-refractivity contribution < 1.29 is 5.11 Å². The summed E-state index contributed by atoms with van der Waals surface area (Å²) in [5.74, 6) is 0. The van der Waals surface area contributed by atoms with Gasteiger partial charge in [0.05, 0.1) is 10.6 Å². The van der Waals surface area contributed by atoms with Crippen LogP contribution in [0.5, 0.6) is 0 Å². The quantitative estimate of drug-likeness (QED) is 0.783. The minimum Gasteiger partial charge on any atom is -0.389 e. The van der Waals surface area contributed by atoms with E-state index < -0.39 is 5.60 Å². The molecule has 1 aromatic heterocycles. The van der Waals surface area contributed by atoms with Gasteiger partial charge in [0.15, 0.2) is 0 Å². The molecule has 0 fully saturated rings. The number of aryl methyl sites for hydroxylation is 1. The normalized spacial score (nSPS) is 15.2. The lowest BCUT2D eigenvalue weighted by Crippen LogP contribution is -2.37. The molecule has 1 heterocycles. The Labute approximate surface area is 95.6 Å². The van der Waals surface area contributed by atoms with Crippen molar-refractivity contribution in [1.82, 2.24) is 10.3 Å². The van der Waals surface area contributed by atoms with Gasteiger partial charge in [-0.1, -0.05) is 13.3 Å². The van der Waals surface area contributed by atoms with Gasteiger partial charge < -0.3 is 10.4 Å². The summed E-state index contributed by atoms with van der Waals surface area (Å²) >= 11 is 1.70. The van der Waals surface area contributed by atoms with Gasteiger partial charge in [0.2, 0.25) is 0 Å². The molecule has 1 aromatic rings. The molecule has 0 aliphatic heterocycles. The van der Waals surface area contributed by atoms with Gasteiger partial charge in [-0.25, -0.2) is 4.98 Å². The largest absolute Gasteiger partial charge is 0.389 e. The second-order valence-corrected chi connectivity index (χ2v) is 5.52. The Bertz CT molecular complexity index is 297. The van der Waals surface area contributed by atoms with Crippen LogP contribution in [0.25, 0.3) is 0 Å².